The first-order chi connectivity index (χ1) is 9.60. The Morgan fingerprint density at radius 3 is 2.50 bits per heavy atom. The Morgan fingerprint density at radius 1 is 1.15 bits per heavy atom. The Hall–Kier alpha value is -0.930. The zero-order valence-corrected chi connectivity index (χ0v) is 12.8. The van der Waals surface area contributed by atoms with Crippen LogP contribution in [0.2, 0.25) is 15.1 Å². The van der Waals surface area contributed by atoms with Gasteiger partial charge in [-0.2, -0.15) is 0 Å². The zero-order chi connectivity index (χ0) is 14.3. The van der Waals surface area contributed by atoms with E-state index >= 15 is 0 Å². The van der Waals surface area contributed by atoms with Gasteiger partial charge in [0.15, 0.2) is 0 Å². The third-order valence-corrected chi connectivity index (χ3v) is 4.21. The van der Waals surface area contributed by atoms with Gasteiger partial charge in [-0.3, -0.25) is 0 Å². The number of hydrogen-bond acceptors (Lipinski definition) is 2. The molecule has 2 aromatic carbocycles. The molecule has 0 amide bonds. The monoisotopic (exact) mass is 327 g/mol. The van der Waals surface area contributed by atoms with E-state index < -0.39 is 0 Å². The summed E-state index contributed by atoms with van der Waals surface area (Å²) in [5.41, 5.74) is 8.29. The lowest BCUT2D eigenvalue weighted by atomic mass is 10.0. The fraction of sp³-hybridized carbons (Fsp3) is 0.200. The molecule has 0 unspecified atom stereocenters. The van der Waals surface area contributed by atoms with Crippen LogP contribution in [0, 0.1) is 0 Å². The van der Waals surface area contributed by atoms with Crippen molar-refractivity contribution in [2.24, 2.45) is 5.73 Å². The second-order valence-electron chi connectivity index (χ2n) is 4.72. The molecule has 0 bridgehead atoms. The van der Waals surface area contributed by atoms with Crippen LogP contribution in [0.1, 0.15) is 5.56 Å². The van der Waals surface area contributed by atoms with Gasteiger partial charge in [-0.25, -0.2) is 0 Å². The molecule has 1 atom stereocenters. The number of nitrogens with two attached hydrogens (primary N) is 1. The molecule has 0 fully saturated rings. The lowest BCUT2D eigenvalue weighted by Crippen LogP contribution is -2.24. The molecule has 1 aliphatic rings. The summed E-state index contributed by atoms with van der Waals surface area (Å²) in [5, 5.41) is 1.78. The normalized spacial score (nSPS) is 16.9. The van der Waals surface area contributed by atoms with E-state index in [2.05, 4.69) is 0 Å². The van der Waals surface area contributed by atoms with Crippen LogP contribution in [-0.2, 0) is 6.42 Å². The van der Waals surface area contributed by atoms with Crippen molar-refractivity contribution in [3.8, 4) is 16.9 Å². The standard InChI is InChI=1S/C15H12Cl3NO/c16-9-4-8-5-10(7-19)20-15(8)11(6-9)14-12(17)2-1-3-13(14)18/h1-4,6,10H,5,7,19H2/t10-/m1/s1. The van der Waals surface area contributed by atoms with Crippen LogP contribution in [0.3, 0.4) is 0 Å². The number of fused-ring (bicyclic) bond motifs is 1. The summed E-state index contributed by atoms with van der Waals surface area (Å²) < 4.78 is 5.91. The predicted octanol–water partition coefficient (Wildman–Crippen LogP) is 4.58. The highest BCUT2D eigenvalue weighted by molar-refractivity contribution is 6.39. The minimum absolute atomic E-state index is 0.0246. The van der Waals surface area contributed by atoms with Crippen LogP contribution in [-0.4, -0.2) is 12.6 Å². The first-order valence-corrected chi connectivity index (χ1v) is 7.37. The molecule has 0 radical (unpaired) electrons. The molecular weight excluding hydrogens is 317 g/mol. The summed E-state index contributed by atoms with van der Waals surface area (Å²) in [5.74, 6) is 0.778. The first kappa shape index (κ1) is 14.0. The molecule has 2 nitrogen and oxygen atoms in total. The van der Waals surface area contributed by atoms with Crippen molar-refractivity contribution in [3.05, 3.63) is 51.0 Å². The van der Waals surface area contributed by atoms with Crippen molar-refractivity contribution in [2.45, 2.75) is 12.5 Å². The summed E-state index contributed by atoms with van der Waals surface area (Å²) in [6.07, 6.45) is 0.727. The summed E-state index contributed by atoms with van der Waals surface area (Å²) in [6.45, 7) is 0.460. The quantitative estimate of drug-likeness (QED) is 0.876. The molecule has 0 aromatic heterocycles. The van der Waals surface area contributed by atoms with Gasteiger partial charge in [0.2, 0.25) is 0 Å². The Balaban J connectivity index is 2.21. The third kappa shape index (κ3) is 2.38. The fourth-order valence-electron chi connectivity index (χ4n) is 2.47. The van der Waals surface area contributed by atoms with E-state index in [0.717, 1.165) is 28.9 Å². The van der Waals surface area contributed by atoms with E-state index in [1.54, 1.807) is 12.1 Å². The van der Waals surface area contributed by atoms with Crippen molar-refractivity contribution in [2.75, 3.05) is 6.54 Å². The highest BCUT2D eigenvalue weighted by Gasteiger charge is 2.27. The van der Waals surface area contributed by atoms with Crippen molar-refractivity contribution >= 4 is 34.8 Å². The number of halogens is 3. The van der Waals surface area contributed by atoms with Crippen LogP contribution < -0.4 is 10.5 Å². The second-order valence-corrected chi connectivity index (χ2v) is 5.97. The zero-order valence-electron chi connectivity index (χ0n) is 10.5. The molecule has 0 saturated heterocycles. The number of benzene rings is 2. The largest absolute Gasteiger partial charge is 0.488 e. The molecule has 104 valence electrons. The topological polar surface area (TPSA) is 35.2 Å². The van der Waals surface area contributed by atoms with Gasteiger partial charge in [0.25, 0.3) is 0 Å². The maximum Gasteiger partial charge on any atom is 0.131 e. The number of rotatable bonds is 2. The molecule has 1 heterocycles. The van der Waals surface area contributed by atoms with Gasteiger partial charge in [-0.05, 0) is 29.8 Å². The maximum atomic E-state index is 6.28. The van der Waals surface area contributed by atoms with Crippen molar-refractivity contribution in [3.63, 3.8) is 0 Å². The van der Waals surface area contributed by atoms with Gasteiger partial charge in [-0.1, -0.05) is 40.9 Å². The van der Waals surface area contributed by atoms with Crippen LogP contribution in [0.15, 0.2) is 30.3 Å². The van der Waals surface area contributed by atoms with Gasteiger partial charge in [0, 0.05) is 29.1 Å². The minimum Gasteiger partial charge on any atom is -0.488 e. The van der Waals surface area contributed by atoms with Crippen molar-refractivity contribution < 1.29 is 4.74 Å². The smallest absolute Gasteiger partial charge is 0.131 e. The minimum atomic E-state index is -0.0246. The van der Waals surface area contributed by atoms with Crippen LogP contribution in [0.5, 0.6) is 5.75 Å². The Bertz CT molecular complexity index is 652. The Kier molecular flexibility index (Phi) is 3.83. The molecule has 0 aliphatic carbocycles. The molecule has 2 aromatic rings. The summed E-state index contributed by atoms with van der Waals surface area (Å²) >= 11 is 18.8. The highest BCUT2D eigenvalue weighted by atomic mass is 35.5. The van der Waals surface area contributed by atoms with Crippen molar-refractivity contribution in [1.82, 2.24) is 0 Å². The molecule has 2 N–H and O–H groups in total. The van der Waals surface area contributed by atoms with E-state index in [-0.39, 0.29) is 6.10 Å². The van der Waals surface area contributed by atoms with E-state index in [1.807, 2.05) is 18.2 Å². The number of hydrogen-bond donors (Lipinski definition) is 1. The average molecular weight is 329 g/mol. The van der Waals surface area contributed by atoms with E-state index in [0.29, 0.717) is 21.6 Å². The summed E-state index contributed by atoms with van der Waals surface area (Å²) in [7, 11) is 0. The molecule has 20 heavy (non-hydrogen) atoms. The van der Waals surface area contributed by atoms with Gasteiger partial charge < -0.3 is 10.5 Å². The van der Waals surface area contributed by atoms with Crippen LogP contribution in [0.4, 0.5) is 0 Å². The fourth-order valence-corrected chi connectivity index (χ4v) is 3.31. The maximum absolute atomic E-state index is 6.28. The molecular formula is C15H12Cl3NO. The molecule has 5 heteroatoms. The summed E-state index contributed by atoms with van der Waals surface area (Å²) in [6, 6.07) is 9.13. The van der Waals surface area contributed by atoms with E-state index in [1.165, 1.54) is 0 Å². The molecule has 1 aliphatic heterocycles. The predicted molar refractivity (Wildman–Crippen MR) is 84.1 cm³/mol. The van der Waals surface area contributed by atoms with E-state index in [9.17, 15) is 0 Å². The van der Waals surface area contributed by atoms with Gasteiger partial charge in [0.1, 0.15) is 11.9 Å². The van der Waals surface area contributed by atoms with Crippen LogP contribution in [0.25, 0.3) is 11.1 Å². The Labute approximate surface area is 132 Å². The van der Waals surface area contributed by atoms with Gasteiger partial charge in [-0.15, -0.1) is 0 Å². The molecule has 0 saturated carbocycles. The Morgan fingerprint density at radius 2 is 1.85 bits per heavy atom. The summed E-state index contributed by atoms with van der Waals surface area (Å²) in [4.78, 5) is 0. The average Bonchev–Trinajstić information content (AvgIpc) is 2.81. The first-order valence-electron chi connectivity index (χ1n) is 6.23. The third-order valence-electron chi connectivity index (χ3n) is 3.36. The SMILES string of the molecule is NC[C@H]1Cc2cc(Cl)cc(-c3c(Cl)cccc3Cl)c2O1. The van der Waals surface area contributed by atoms with Gasteiger partial charge in [0.05, 0.1) is 10.0 Å². The lowest BCUT2D eigenvalue weighted by Gasteiger charge is -2.13. The number of ether oxygens (including phenoxy) is 1. The lowest BCUT2D eigenvalue weighted by molar-refractivity contribution is 0.242. The second kappa shape index (κ2) is 5.45. The molecule has 3 rings (SSSR count). The van der Waals surface area contributed by atoms with Crippen LogP contribution >= 0.6 is 34.8 Å². The van der Waals surface area contributed by atoms with Gasteiger partial charge >= 0.3 is 0 Å². The van der Waals surface area contributed by atoms with E-state index in [4.69, 9.17) is 45.3 Å². The molecule has 0 spiro atoms. The van der Waals surface area contributed by atoms with Crippen molar-refractivity contribution in [1.29, 1.82) is 0 Å². The highest BCUT2D eigenvalue weighted by Crippen LogP contribution is 2.45.